The lowest BCUT2D eigenvalue weighted by atomic mass is 10.0. The highest BCUT2D eigenvalue weighted by atomic mass is 16.5. The van der Waals surface area contributed by atoms with Crippen LogP contribution in [0.1, 0.15) is 36.3 Å². The smallest absolute Gasteiger partial charge is 0.254 e. The van der Waals surface area contributed by atoms with Gasteiger partial charge in [0.15, 0.2) is 0 Å². The minimum atomic E-state index is -0.972. The molecular weight excluding hydrogens is 246 g/mol. The van der Waals surface area contributed by atoms with E-state index in [2.05, 4.69) is 10.4 Å². The van der Waals surface area contributed by atoms with Gasteiger partial charge in [0.25, 0.3) is 5.91 Å². The summed E-state index contributed by atoms with van der Waals surface area (Å²) in [6, 6.07) is 0. The molecule has 2 N–H and O–H groups in total. The molecule has 0 radical (unpaired) electrons. The molecule has 0 saturated carbocycles. The summed E-state index contributed by atoms with van der Waals surface area (Å²) in [6.45, 7) is 4.27. The second-order valence-electron chi connectivity index (χ2n) is 4.94. The van der Waals surface area contributed by atoms with Crippen LogP contribution in [0.2, 0.25) is 0 Å². The van der Waals surface area contributed by atoms with Crippen LogP contribution in [-0.4, -0.2) is 46.7 Å². The van der Waals surface area contributed by atoms with E-state index >= 15 is 0 Å². The molecule has 0 bridgehead atoms. The number of hydrogen-bond acceptors (Lipinski definition) is 4. The number of aryl methyl sites for hydroxylation is 2. The number of nitrogens with one attached hydrogen (secondary N) is 1. The van der Waals surface area contributed by atoms with Gasteiger partial charge < -0.3 is 15.2 Å². The fraction of sp³-hybridized carbons (Fsp3) is 0.692. The third-order valence-corrected chi connectivity index (χ3v) is 2.96. The monoisotopic (exact) mass is 269 g/mol. The zero-order chi connectivity index (χ0) is 14.5. The maximum Gasteiger partial charge on any atom is 0.254 e. The van der Waals surface area contributed by atoms with Gasteiger partial charge in [0.05, 0.1) is 16.9 Å². The summed E-state index contributed by atoms with van der Waals surface area (Å²) in [7, 11) is 3.36. The van der Waals surface area contributed by atoms with E-state index in [4.69, 9.17) is 4.74 Å². The van der Waals surface area contributed by atoms with E-state index in [1.54, 1.807) is 32.0 Å². The minimum Gasteiger partial charge on any atom is -0.388 e. The molecule has 1 aromatic rings. The van der Waals surface area contributed by atoms with Crippen LogP contribution in [0.3, 0.4) is 0 Å². The molecule has 1 unspecified atom stereocenters. The Morgan fingerprint density at radius 1 is 1.63 bits per heavy atom. The molecule has 0 saturated heterocycles. The third-order valence-electron chi connectivity index (χ3n) is 2.96. The summed E-state index contributed by atoms with van der Waals surface area (Å²) >= 11 is 0. The van der Waals surface area contributed by atoms with Gasteiger partial charge in [-0.25, -0.2) is 0 Å². The predicted molar refractivity (Wildman–Crippen MR) is 72.0 cm³/mol. The van der Waals surface area contributed by atoms with Gasteiger partial charge in [-0.3, -0.25) is 9.48 Å². The van der Waals surface area contributed by atoms with Gasteiger partial charge >= 0.3 is 0 Å². The van der Waals surface area contributed by atoms with Crippen LogP contribution in [0, 0.1) is 0 Å². The largest absolute Gasteiger partial charge is 0.388 e. The van der Waals surface area contributed by atoms with Crippen LogP contribution in [0.15, 0.2) is 6.20 Å². The molecule has 0 aromatic carbocycles. The van der Waals surface area contributed by atoms with Gasteiger partial charge in [0, 0.05) is 39.9 Å². The number of ether oxygens (including phenoxy) is 1. The molecule has 1 amide bonds. The maximum atomic E-state index is 12.1. The van der Waals surface area contributed by atoms with Gasteiger partial charge in [-0.2, -0.15) is 5.10 Å². The third kappa shape index (κ3) is 4.65. The van der Waals surface area contributed by atoms with Gasteiger partial charge in [0.1, 0.15) is 0 Å². The Hall–Kier alpha value is -1.40. The Morgan fingerprint density at radius 3 is 2.89 bits per heavy atom. The van der Waals surface area contributed by atoms with E-state index in [9.17, 15) is 9.90 Å². The van der Waals surface area contributed by atoms with Crippen molar-refractivity contribution >= 4 is 5.91 Å². The van der Waals surface area contributed by atoms with Crippen molar-refractivity contribution < 1.29 is 14.6 Å². The molecule has 0 aliphatic carbocycles. The van der Waals surface area contributed by atoms with Crippen LogP contribution in [0.5, 0.6) is 0 Å². The summed E-state index contributed by atoms with van der Waals surface area (Å²) in [5.74, 6) is -0.206. The topological polar surface area (TPSA) is 76.4 Å². The van der Waals surface area contributed by atoms with Crippen molar-refractivity contribution in [2.75, 3.05) is 20.3 Å². The first-order valence-electron chi connectivity index (χ1n) is 6.41. The zero-order valence-electron chi connectivity index (χ0n) is 12.1. The fourth-order valence-electron chi connectivity index (χ4n) is 1.76. The Bertz CT molecular complexity index is 427. The van der Waals surface area contributed by atoms with E-state index in [-0.39, 0.29) is 12.5 Å². The molecule has 6 heteroatoms. The van der Waals surface area contributed by atoms with Crippen LogP contribution < -0.4 is 5.32 Å². The van der Waals surface area contributed by atoms with Crippen molar-refractivity contribution in [2.45, 2.75) is 32.3 Å². The number of amides is 1. The zero-order valence-corrected chi connectivity index (χ0v) is 12.1. The van der Waals surface area contributed by atoms with Crippen molar-refractivity contribution in [1.29, 1.82) is 0 Å². The molecular formula is C13H23N3O3. The van der Waals surface area contributed by atoms with Gasteiger partial charge in [-0.15, -0.1) is 0 Å². The Labute approximate surface area is 113 Å². The van der Waals surface area contributed by atoms with Gasteiger partial charge in [-0.05, 0) is 13.3 Å². The average Bonchev–Trinajstić information content (AvgIpc) is 2.75. The summed E-state index contributed by atoms with van der Waals surface area (Å²) in [4.78, 5) is 12.1. The Kier molecular flexibility index (Phi) is 5.50. The van der Waals surface area contributed by atoms with E-state index < -0.39 is 5.60 Å². The van der Waals surface area contributed by atoms with E-state index in [1.807, 2.05) is 6.92 Å². The summed E-state index contributed by atoms with van der Waals surface area (Å²) < 4.78 is 6.54. The molecule has 108 valence electrons. The Balaban J connectivity index is 2.60. The number of methoxy groups -OCH3 is 1. The normalized spacial score (nSPS) is 14.2. The lowest BCUT2D eigenvalue weighted by Gasteiger charge is -2.23. The first kappa shape index (κ1) is 15.7. The van der Waals surface area contributed by atoms with Crippen LogP contribution in [0.25, 0.3) is 0 Å². The first-order chi connectivity index (χ1) is 8.89. The number of carbonyl (C=O) groups excluding carboxylic acids is 1. The van der Waals surface area contributed by atoms with Crippen molar-refractivity contribution in [3.05, 3.63) is 17.5 Å². The van der Waals surface area contributed by atoms with Crippen molar-refractivity contribution in [2.24, 2.45) is 7.05 Å². The van der Waals surface area contributed by atoms with Crippen LogP contribution in [-0.2, 0) is 18.2 Å². The second-order valence-corrected chi connectivity index (χ2v) is 4.94. The molecule has 1 atom stereocenters. The number of aliphatic hydroxyl groups is 1. The van der Waals surface area contributed by atoms with Crippen LogP contribution >= 0.6 is 0 Å². The second kappa shape index (κ2) is 6.68. The molecule has 0 spiro atoms. The standard InChI is InChI=1S/C13H23N3O3/c1-5-11-10(8-16(3)15-11)12(17)14-9-13(2,18)6-7-19-4/h8,18H,5-7,9H2,1-4H3,(H,14,17). The minimum absolute atomic E-state index is 0.188. The van der Waals surface area contributed by atoms with E-state index in [0.29, 0.717) is 25.0 Å². The lowest BCUT2D eigenvalue weighted by Crippen LogP contribution is -2.41. The average molecular weight is 269 g/mol. The SMILES string of the molecule is CCc1nn(C)cc1C(=O)NCC(C)(O)CCOC. The number of aromatic nitrogens is 2. The number of carbonyl (C=O) groups is 1. The van der Waals surface area contributed by atoms with Gasteiger partial charge in [-0.1, -0.05) is 6.92 Å². The predicted octanol–water partition coefficient (Wildman–Crippen LogP) is 0.500. The molecule has 6 nitrogen and oxygen atoms in total. The molecule has 0 fully saturated rings. The van der Waals surface area contributed by atoms with Crippen molar-refractivity contribution in [1.82, 2.24) is 15.1 Å². The van der Waals surface area contributed by atoms with Crippen LogP contribution in [0.4, 0.5) is 0 Å². The highest BCUT2D eigenvalue weighted by Crippen LogP contribution is 2.10. The van der Waals surface area contributed by atoms with Crippen molar-refractivity contribution in [3.8, 4) is 0 Å². The van der Waals surface area contributed by atoms with E-state index in [0.717, 1.165) is 5.69 Å². The highest BCUT2D eigenvalue weighted by Gasteiger charge is 2.22. The van der Waals surface area contributed by atoms with Gasteiger partial charge in [0.2, 0.25) is 0 Å². The number of nitrogens with zero attached hydrogens (tertiary/aromatic N) is 2. The molecule has 1 heterocycles. The summed E-state index contributed by atoms with van der Waals surface area (Å²) in [6.07, 6.45) is 2.86. The number of rotatable bonds is 7. The summed E-state index contributed by atoms with van der Waals surface area (Å²) in [5.41, 5.74) is 0.351. The van der Waals surface area contributed by atoms with E-state index in [1.165, 1.54) is 0 Å². The first-order valence-corrected chi connectivity index (χ1v) is 6.41. The molecule has 0 aliphatic heterocycles. The fourth-order valence-corrected chi connectivity index (χ4v) is 1.76. The number of hydrogen-bond donors (Lipinski definition) is 2. The Morgan fingerprint density at radius 2 is 2.32 bits per heavy atom. The summed E-state index contributed by atoms with van der Waals surface area (Å²) in [5, 5.41) is 17.0. The van der Waals surface area contributed by atoms with Crippen molar-refractivity contribution in [3.63, 3.8) is 0 Å². The quantitative estimate of drug-likeness (QED) is 0.756. The molecule has 1 rings (SSSR count). The lowest BCUT2D eigenvalue weighted by molar-refractivity contribution is 0.0243. The maximum absolute atomic E-state index is 12.1. The molecule has 19 heavy (non-hydrogen) atoms. The molecule has 1 aromatic heterocycles. The molecule has 0 aliphatic rings. The highest BCUT2D eigenvalue weighted by molar-refractivity contribution is 5.95.